The smallest absolute Gasteiger partial charge is 0.140 e. The second kappa shape index (κ2) is 4.85. The normalized spacial score (nSPS) is 13.9. The van der Waals surface area contributed by atoms with Crippen molar-refractivity contribution in [2.24, 2.45) is 0 Å². The number of nitriles is 1. The number of hydrogen-bond acceptors (Lipinski definition) is 2. The first-order valence-electron chi connectivity index (χ1n) is 6.51. The maximum Gasteiger partial charge on any atom is 0.140 e. The monoisotopic (exact) mass is 255 g/mol. The van der Waals surface area contributed by atoms with E-state index in [1.807, 2.05) is 0 Å². The summed E-state index contributed by atoms with van der Waals surface area (Å²) < 4.78 is 15.2. The van der Waals surface area contributed by atoms with Gasteiger partial charge in [0, 0.05) is 17.8 Å². The molecule has 0 fully saturated rings. The van der Waals surface area contributed by atoms with E-state index in [0.29, 0.717) is 6.42 Å². The van der Waals surface area contributed by atoms with E-state index in [4.69, 9.17) is 5.26 Å². The Bertz CT molecular complexity index is 635. The Balaban J connectivity index is 2.11. The Morgan fingerprint density at radius 3 is 2.79 bits per heavy atom. The van der Waals surface area contributed by atoms with Gasteiger partial charge in [-0.1, -0.05) is 0 Å². The van der Waals surface area contributed by atoms with Crippen molar-refractivity contribution in [3.8, 4) is 17.5 Å². The van der Waals surface area contributed by atoms with Crippen molar-refractivity contribution in [2.45, 2.75) is 32.2 Å². The summed E-state index contributed by atoms with van der Waals surface area (Å²) >= 11 is 0. The molecular weight excluding hydrogens is 241 g/mol. The van der Waals surface area contributed by atoms with E-state index in [-0.39, 0.29) is 5.82 Å². The van der Waals surface area contributed by atoms with Crippen LogP contribution in [0.5, 0.6) is 0 Å². The summed E-state index contributed by atoms with van der Waals surface area (Å²) in [5.74, 6) is 0.617. The van der Waals surface area contributed by atoms with E-state index < -0.39 is 0 Å². The van der Waals surface area contributed by atoms with Gasteiger partial charge in [0.05, 0.1) is 18.2 Å². The van der Waals surface area contributed by atoms with Crippen molar-refractivity contribution in [1.29, 1.82) is 5.26 Å². The van der Waals surface area contributed by atoms with Gasteiger partial charge in [-0.25, -0.2) is 9.37 Å². The van der Waals surface area contributed by atoms with Crippen molar-refractivity contribution in [1.82, 2.24) is 9.55 Å². The van der Waals surface area contributed by atoms with Crippen LogP contribution < -0.4 is 0 Å². The third-order valence-corrected chi connectivity index (χ3v) is 3.55. The predicted molar refractivity (Wildman–Crippen MR) is 69.9 cm³/mol. The Morgan fingerprint density at radius 1 is 1.26 bits per heavy atom. The lowest BCUT2D eigenvalue weighted by Gasteiger charge is -2.17. The highest BCUT2D eigenvalue weighted by Gasteiger charge is 2.20. The minimum atomic E-state index is -0.244. The Morgan fingerprint density at radius 2 is 2.05 bits per heavy atom. The highest BCUT2D eigenvalue weighted by molar-refractivity contribution is 5.57. The summed E-state index contributed by atoms with van der Waals surface area (Å²) in [6.07, 6.45) is 3.60. The predicted octanol–water partition coefficient (Wildman–Crippen LogP) is 3.09. The number of fused-ring (bicyclic) bond motifs is 1. The van der Waals surface area contributed by atoms with Gasteiger partial charge in [-0.2, -0.15) is 5.26 Å². The average molecular weight is 255 g/mol. The molecular formula is C15H14FN3. The average Bonchev–Trinajstić information content (AvgIpc) is 2.80. The molecule has 0 N–H and O–H groups in total. The molecule has 1 aliphatic rings. The van der Waals surface area contributed by atoms with Gasteiger partial charge < -0.3 is 4.57 Å². The fourth-order valence-corrected chi connectivity index (χ4v) is 2.65. The first-order chi connectivity index (χ1) is 9.29. The van der Waals surface area contributed by atoms with Gasteiger partial charge >= 0.3 is 0 Å². The zero-order valence-corrected chi connectivity index (χ0v) is 10.6. The molecule has 0 spiro atoms. The van der Waals surface area contributed by atoms with Gasteiger partial charge in [0.15, 0.2) is 0 Å². The van der Waals surface area contributed by atoms with Crippen molar-refractivity contribution in [3.63, 3.8) is 0 Å². The summed E-state index contributed by atoms with van der Waals surface area (Å²) in [7, 11) is 0. The van der Waals surface area contributed by atoms with Gasteiger partial charge in [-0.05, 0) is 43.5 Å². The molecule has 1 aromatic heterocycles. The van der Waals surface area contributed by atoms with Crippen LogP contribution in [-0.2, 0) is 19.4 Å². The maximum absolute atomic E-state index is 13.0. The van der Waals surface area contributed by atoms with E-state index in [9.17, 15) is 4.39 Å². The van der Waals surface area contributed by atoms with Gasteiger partial charge in [0.1, 0.15) is 11.6 Å². The molecule has 0 saturated carbocycles. The van der Waals surface area contributed by atoms with Gasteiger partial charge in [0.25, 0.3) is 0 Å². The van der Waals surface area contributed by atoms with E-state index in [2.05, 4.69) is 15.6 Å². The quantitative estimate of drug-likeness (QED) is 0.827. The molecule has 3 nitrogen and oxygen atoms in total. The first kappa shape index (κ1) is 11.9. The molecule has 1 aromatic carbocycles. The van der Waals surface area contributed by atoms with Gasteiger partial charge in [-0.3, -0.25) is 0 Å². The van der Waals surface area contributed by atoms with Crippen LogP contribution in [0.25, 0.3) is 11.4 Å². The molecule has 0 unspecified atom stereocenters. The summed E-state index contributed by atoms with van der Waals surface area (Å²) in [6.45, 7) is 0.931. The fraction of sp³-hybridized carbons (Fsp3) is 0.333. The fourth-order valence-electron chi connectivity index (χ4n) is 2.65. The molecule has 0 atom stereocenters. The van der Waals surface area contributed by atoms with Crippen LogP contribution in [-0.4, -0.2) is 9.55 Å². The zero-order chi connectivity index (χ0) is 13.2. The Hall–Kier alpha value is -2.15. The summed E-state index contributed by atoms with van der Waals surface area (Å²) in [4.78, 5) is 4.60. The van der Waals surface area contributed by atoms with Crippen molar-refractivity contribution in [3.05, 3.63) is 41.5 Å². The highest BCUT2D eigenvalue weighted by atomic mass is 19.1. The zero-order valence-electron chi connectivity index (χ0n) is 10.6. The lowest BCUT2D eigenvalue weighted by atomic mass is 10.1. The molecule has 0 saturated heterocycles. The lowest BCUT2D eigenvalue weighted by Crippen LogP contribution is -2.11. The van der Waals surface area contributed by atoms with Crippen molar-refractivity contribution >= 4 is 0 Å². The summed E-state index contributed by atoms with van der Waals surface area (Å²) in [5.41, 5.74) is 2.96. The van der Waals surface area contributed by atoms with Crippen molar-refractivity contribution < 1.29 is 4.39 Å². The molecule has 2 aromatic rings. The molecule has 0 aliphatic carbocycles. The van der Waals surface area contributed by atoms with Gasteiger partial charge in [0.2, 0.25) is 0 Å². The standard InChI is InChI=1S/C15H14FN3/c16-12-6-4-11(5-7-12)15-18-13(8-9-17)14-3-1-2-10-19(14)15/h4-7H,1-3,8,10H2. The van der Waals surface area contributed by atoms with E-state index in [1.54, 1.807) is 12.1 Å². The third kappa shape index (κ3) is 2.12. The van der Waals surface area contributed by atoms with E-state index in [0.717, 1.165) is 42.9 Å². The van der Waals surface area contributed by atoms with Crippen LogP contribution in [0.1, 0.15) is 24.2 Å². The molecule has 19 heavy (non-hydrogen) atoms. The molecule has 0 radical (unpaired) electrons. The van der Waals surface area contributed by atoms with E-state index >= 15 is 0 Å². The number of benzene rings is 1. The van der Waals surface area contributed by atoms with Crippen LogP contribution in [0.2, 0.25) is 0 Å². The number of halogens is 1. The molecule has 96 valence electrons. The number of rotatable bonds is 2. The van der Waals surface area contributed by atoms with Crippen LogP contribution in [0.4, 0.5) is 4.39 Å². The molecule has 3 rings (SSSR count). The van der Waals surface area contributed by atoms with E-state index in [1.165, 1.54) is 17.8 Å². The number of hydrogen-bond donors (Lipinski definition) is 0. The van der Waals surface area contributed by atoms with Gasteiger partial charge in [-0.15, -0.1) is 0 Å². The molecule has 1 aliphatic heterocycles. The SMILES string of the molecule is N#CCc1nc(-c2ccc(F)cc2)n2c1CCCC2. The van der Waals surface area contributed by atoms with Crippen LogP contribution in [0.3, 0.4) is 0 Å². The molecule has 0 amide bonds. The topological polar surface area (TPSA) is 41.6 Å². The Labute approximate surface area is 111 Å². The Kier molecular flexibility index (Phi) is 3.04. The van der Waals surface area contributed by atoms with Crippen LogP contribution >= 0.6 is 0 Å². The molecule has 0 bridgehead atoms. The minimum absolute atomic E-state index is 0.244. The second-order valence-corrected chi connectivity index (χ2v) is 4.78. The minimum Gasteiger partial charge on any atom is -0.328 e. The maximum atomic E-state index is 13.0. The van der Waals surface area contributed by atoms with Crippen LogP contribution in [0, 0.1) is 17.1 Å². The highest BCUT2D eigenvalue weighted by Crippen LogP contribution is 2.27. The first-order valence-corrected chi connectivity index (χ1v) is 6.51. The molecule has 2 heterocycles. The summed E-state index contributed by atoms with van der Waals surface area (Å²) in [6, 6.07) is 8.56. The summed E-state index contributed by atoms with van der Waals surface area (Å²) in [5, 5.41) is 8.89. The van der Waals surface area contributed by atoms with Crippen molar-refractivity contribution in [2.75, 3.05) is 0 Å². The number of imidazole rings is 1. The third-order valence-electron chi connectivity index (χ3n) is 3.55. The lowest BCUT2D eigenvalue weighted by molar-refractivity contribution is 0.534. The number of aromatic nitrogens is 2. The second-order valence-electron chi connectivity index (χ2n) is 4.78. The number of nitrogens with zero attached hydrogens (tertiary/aromatic N) is 3. The van der Waals surface area contributed by atoms with Crippen LogP contribution in [0.15, 0.2) is 24.3 Å². The molecule has 4 heteroatoms. The largest absolute Gasteiger partial charge is 0.328 e.